The lowest BCUT2D eigenvalue weighted by atomic mass is 10.1. The van der Waals surface area contributed by atoms with Gasteiger partial charge in [-0.1, -0.05) is 6.07 Å². The summed E-state index contributed by atoms with van der Waals surface area (Å²) in [6.45, 7) is 11.2. The van der Waals surface area contributed by atoms with Gasteiger partial charge in [0.1, 0.15) is 0 Å². The largest absolute Gasteiger partial charge is 0.377 e. The van der Waals surface area contributed by atoms with Gasteiger partial charge in [-0.2, -0.15) is 0 Å². The molecule has 1 N–H and O–H groups in total. The third kappa shape index (κ3) is 5.06. The predicted molar refractivity (Wildman–Crippen MR) is 86.1 cm³/mol. The fourth-order valence-electron chi connectivity index (χ4n) is 2.74. The molecule has 1 aliphatic rings. The van der Waals surface area contributed by atoms with Gasteiger partial charge in [-0.15, -0.1) is 0 Å². The summed E-state index contributed by atoms with van der Waals surface area (Å²) in [5.74, 6) is 0. The lowest BCUT2D eigenvalue weighted by molar-refractivity contribution is 0.0810. The second-order valence-corrected chi connectivity index (χ2v) is 7.07. The number of likely N-dealkylation sites (N-methyl/N-ethyl adjacent to an activating group) is 1. The number of nitrogens with one attached hydrogen (secondary N) is 1. The topological polar surface area (TPSA) is 37.4 Å². The van der Waals surface area contributed by atoms with Gasteiger partial charge in [0.2, 0.25) is 0 Å². The van der Waals surface area contributed by atoms with E-state index < -0.39 is 0 Å². The fraction of sp³-hybridized carbons (Fsp3) is 0.706. The highest BCUT2D eigenvalue weighted by Crippen LogP contribution is 2.19. The molecule has 0 bridgehead atoms. The molecule has 0 aromatic carbocycles. The summed E-state index contributed by atoms with van der Waals surface area (Å²) in [6, 6.07) is 6.80. The molecule has 1 aromatic rings. The Morgan fingerprint density at radius 3 is 2.67 bits per heavy atom. The molecule has 2 atom stereocenters. The minimum atomic E-state index is 0.116. The third-order valence-electron chi connectivity index (χ3n) is 3.98. The first-order valence-electron chi connectivity index (χ1n) is 7.87. The van der Waals surface area contributed by atoms with E-state index >= 15 is 0 Å². The molecule has 4 heteroatoms. The van der Waals surface area contributed by atoms with Gasteiger partial charge in [-0.25, -0.2) is 0 Å². The average molecular weight is 291 g/mol. The van der Waals surface area contributed by atoms with E-state index in [1.54, 1.807) is 0 Å². The molecule has 1 saturated heterocycles. The normalized spacial score (nSPS) is 23.0. The van der Waals surface area contributed by atoms with Gasteiger partial charge in [-0.3, -0.25) is 9.88 Å². The van der Waals surface area contributed by atoms with Crippen molar-refractivity contribution in [1.29, 1.82) is 0 Å². The Bertz CT molecular complexity index is 456. The lowest BCUT2D eigenvalue weighted by Crippen LogP contribution is -2.37. The van der Waals surface area contributed by atoms with Crippen molar-refractivity contribution in [2.75, 3.05) is 13.7 Å². The SMILES string of the molecule is CC1OCCC1N(C)Cc1cccc(CNC(C)(C)C)n1. The molecule has 1 aromatic heterocycles. The minimum Gasteiger partial charge on any atom is -0.377 e. The number of pyridine rings is 1. The first-order chi connectivity index (χ1) is 9.85. The van der Waals surface area contributed by atoms with Crippen molar-refractivity contribution in [3.8, 4) is 0 Å². The molecular formula is C17H29N3O. The van der Waals surface area contributed by atoms with Gasteiger partial charge in [-0.05, 0) is 53.3 Å². The molecule has 1 aliphatic heterocycles. The Labute approximate surface area is 128 Å². The molecule has 2 unspecified atom stereocenters. The molecule has 2 heterocycles. The Balaban J connectivity index is 1.94. The van der Waals surface area contributed by atoms with Crippen molar-refractivity contribution in [2.24, 2.45) is 0 Å². The van der Waals surface area contributed by atoms with Crippen molar-refractivity contribution in [2.45, 2.75) is 64.9 Å². The summed E-state index contributed by atoms with van der Waals surface area (Å²) in [6.07, 6.45) is 1.43. The molecule has 0 saturated carbocycles. The molecule has 0 aliphatic carbocycles. The summed E-state index contributed by atoms with van der Waals surface area (Å²) in [5.41, 5.74) is 2.35. The molecule has 1 fully saturated rings. The zero-order chi connectivity index (χ0) is 15.5. The maximum Gasteiger partial charge on any atom is 0.0703 e. The van der Waals surface area contributed by atoms with Crippen molar-refractivity contribution in [3.63, 3.8) is 0 Å². The molecule has 118 valence electrons. The van der Waals surface area contributed by atoms with Gasteiger partial charge >= 0.3 is 0 Å². The number of hydrogen-bond donors (Lipinski definition) is 1. The smallest absolute Gasteiger partial charge is 0.0703 e. The van der Waals surface area contributed by atoms with Gasteiger partial charge in [0, 0.05) is 31.3 Å². The quantitative estimate of drug-likeness (QED) is 0.905. The van der Waals surface area contributed by atoms with Crippen LogP contribution in [0.15, 0.2) is 18.2 Å². The number of aromatic nitrogens is 1. The van der Waals surface area contributed by atoms with Crippen LogP contribution in [0, 0.1) is 0 Å². The fourth-order valence-corrected chi connectivity index (χ4v) is 2.74. The standard InChI is InChI=1S/C17H29N3O/c1-13-16(9-10-21-13)20(5)12-15-8-6-7-14(19-15)11-18-17(2,3)4/h6-8,13,16,18H,9-12H2,1-5H3. The van der Waals surface area contributed by atoms with Crippen LogP contribution in [0.2, 0.25) is 0 Å². The highest BCUT2D eigenvalue weighted by atomic mass is 16.5. The summed E-state index contributed by atoms with van der Waals surface area (Å²) in [7, 11) is 2.16. The summed E-state index contributed by atoms with van der Waals surface area (Å²) in [4.78, 5) is 7.13. The van der Waals surface area contributed by atoms with Crippen molar-refractivity contribution in [1.82, 2.24) is 15.2 Å². The lowest BCUT2D eigenvalue weighted by Gasteiger charge is -2.26. The number of nitrogens with zero attached hydrogens (tertiary/aromatic N) is 2. The maximum atomic E-state index is 5.65. The maximum absolute atomic E-state index is 5.65. The Kier molecular flexibility index (Phi) is 5.36. The van der Waals surface area contributed by atoms with E-state index in [9.17, 15) is 0 Å². The summed E-state index contributed by atoms with van der Waals surface area (Å²) >= 11 is 0. The van der Waals surface area contributed by atoms with Gasteiger partial charge in [0.15, 0.2) is 0 Å². The van der Waals surface area contributed by atoms with Crippen LogP contribution in [-0.4, -0.2) is 41.2 Å². The van der Waals surface area contributed by atoms with Crippen LogP contribution < -0.4 is 5.32 Å². The predicted octanol–water partition coefficient (Wildman–Crippen LogP) is 2.58. The molecule has 4 nitrogen and oxygen atoms in total. The molecule has 0 spiro atoms. The monoisotopic (exact) mass is 291 g/mol. The second kappa shape index (κ2) is 6.86. The highest BCUT2D eigenvalue weighted by molar-refractivity contribution is 5.11. The Morgan fingerprint density at radius 2 is 2.05 bits per heavy atom. The molecule has 2 rings (SSSR count). The van der Waals surface area contributed by atoms with E-state index in [4.69, 9.17) is 9.72 Å². The van der Waals surface area contributed by atoms with Crippen LogP contribution in [0.4, 0.5) is 0 Å². The van der Waals surface area contributed by atoms with E-state index in [0.717, 1.165) is 37.5 Å². The molecule has 0 amide bonds. The Hall–Kier alpha value is -0.970. The van der Waals surface area contributed by atoms with Crippen LogP contribution in [0.1, 0.15) is 45.5 Å². The van der Waals surface area contributed by atoms with Crippen LogP contribution in [0.3, 0.4) is 0 Å². The number of hydrogen-bond acceptors (Lipinski definition) is 4. The zero-order valence-electron chi connectivity index (χ0n) is 14.0. The van der Waals surface area contributed by atoms with Gasteiger partial charge in [0.05, 0.1) is 17.5 Å². The zero-order valence-corrected chi connectivity index (χ0v) is 14.0. The average Bonchev–Trinajstić information content (AvgIpc) is 2.82. The van der Waals surface area contributed by atoms with Gasteiger partial charge in [0.25, 0.3) is 0 Å². The second-order valence-electron chi connectivity index (χ2n) is 7.07. The van der Waals surface area contributed by atoms with E-state index in [1.165, 1.54) is 0 Å². The number of rotatable bonds is 5. The van der Waals surface area contributed by atoms with Gasteiger partial charge < -0.3 is 10.1 Å². The first kappa shape index (κ1) is 16.4. The molecular weight excluding hydrogens is 262 g/mol. The Morgan fingerprint density at radius 1 is 1.33 bits per heavy atom. The highest BCUT2D eigenvalue weighted by Gasteiger charge is 2.27. The molecule has 21 heavy (non-hydrogen) atoms. The van der Waals surface area contributed by atoms with Crippen molar-refractivity contribution >= 4 is 0 Å². The van der Waals surface area contributed by atoms with E-state index in [1.807, 2.05) is 0 Å². The van der Waals surface area contributed by atoms with Crippen LogP contribution in [0.5, 0.6) is 0 Å². The third-order valence-corrected chi connectivity index (χ3v) is 3.98. The minimum absolute atomic E-state index is 0.116. The van der Waals surface area contributed by atoms with Crippen LogP contribution in [-0.2, 0) is 17.8 Å². The summed E-state index contributed by atoms with van der Waals surface area (Å²) < 4.78 is 5.65. The van der Waals surface area contributed by atoms with Crippen LogP contribution in [0.25, 0.3) is 0 Å². The van der Waals surface area contributed by atoms with E-state index in [0.29, 0.717) is 12.1 Å². The van der Waals surface area contributed by atoms with Crippen molar-refractivity contribution in [3.05, 3.63) is 29.6 Å². The molecule has 0 radical (unpaired) electrons. The summed E-state index contributed by atoms with van der Waals surface area (Å²) in [5, 5.41) is 3.48. The van der Waals surface area contributed by atoms with E-state index in [-0.39, 0.29) is 5.54 Å². The van der Waals surface area contributed by atoms with Crippen LogP contribution >= 0.6 is 0 Å². The first-order valence-corrected chi connectivity index (χ1v) is 7.87. The van der Waals surface area contributed by atoms with E-state index in [2.05, 4.69) is 63.2 Å². The van der Waals surface area contributed by atoms with Crippen molar-refractivity contribution < 1.29 is 4.74 Å². The number of ether oxygens (including phenoxy) is 1.